The van der Waals surface area contributed by atoms with E-state index in [9.17, 15) is 9.59 Å². The number of likely N-dealkylation sites (N-methyl/N-ethyl adjacent to an activating group) is 1. The van der Waals surface area contributed by atoms with E-state index < -0.39 is 5.97 Å². The van der Waals surface area contributed by atoms with Crippen molar-refractivity contribution in [1.29, 1.82) is 0 Å². The third kappa shape index (κ3) is 6.94. The van der Waals surface area contributed by atoms with Gasteiger partial charge in [-0.2, -0.15) is 0 Å². The van der Waals surface area contributed by atoms with Crippen LogP contribution in [0.3, 0.4) is 0 Å². The van der Waals surface area contributed by atoms with Crippen LogP contribution in [0.4, 0.5) is 0 Å². The summed E-state index contributed by atoms with van der Waals surface area (Å²) in [5.41, 5.74) is -0.370. The molecule has 1 amide bonds. The Hall–Kier alpha value is -1.10. The number of carboxylic acid groups (broad SMARTS) is 1. The van der Waals surface area contributed by atoms with Gasteiger partial charge in [0.1, 0.15) is 6.61 Å². The number of aliphatic carboxylic acids is 1. The van der Waals surface area contributed by atoms with Gasteiger partial charge in [-0.3, -0.25) is 9.59 Å². The SMILES string of the molecule is CCN(C(=O)COC(C)(C)C)C(C)CC(=O)O. The van der Waals surface area contributed by atoms with Crippen LogP contribution in [0.25, 0.3) is 0 Å². The fraction of sp³-hybridized carbons (Fsp3) is 0.833. The largest absolute Gasteiger partial charge is 0.481 e. The third-order valence-electron chi connectivity index (χ3n) is 2.29. The lowest BCUT2D eigenvalue weighted by atomic mass is 10.2. The van der Waals surface area contributed by atoms with Crippen molar-refractivity contribution in [3.63, 3.8) is 0 Å². The number of carbonyl (C=O) groups excluding carboxylic acids is 1. The first-order valence-corrected chi connectivity index (χ1v) is 5.82. The van der Waals surface area contributed by atoms with Crippen molar-refractivity contribution in [2.24, 2.45) is 0 Å². The monoisotopic (exact) mass is 245 g/mol. The zero-order valence-corrected chi connectivity index (χ0v) is 11.3. The topological polar surface area (TPSA) is 66.8 Å². The van der Waals surface area contributed by atoms with E-state index in [1.807, 2.05) is 27.7 Å². The summed E-state index contributed by atoms with van der Waals surface area (Å²) in [6.45, 7) is 9.65. The Bertz CT molecular complexity index is 270. The zero-order chi connectivity index (χ0) is 13.6. The minimum atomic E-state index is -0.902. The predicted octanol–water partition coefficient (Wildman–Crippen LogP) is 1.51. The van der Waals surface area contributed by atoms with Crippen LogP contribution in [0.15, 0.2) is 0 Å². The van der Waals surface area contributed by atoms with E-state index in [0.717, 1.165) is 0 Å². The molecule has 100 valence electrons. The summed E-state index contributed by atoms with van der Waals surface area (Å²) in [5.74, 6) is -1.07. The molecule has 0 aromatic carbocycles. The molecule has 0 spiro atoms. The highest BCUT2D eigenvalue weighted by Gasteiger charge is 2.22. The Balaban J connectivity index is 4.35. The minimum absolute atomic E-state index is 0.0126. The summed E-state index contributed by atoms with van der Waals surface area (Å²) in [4.78, 5) is 24.0. The molecule has 1 atom stereocenters. The zero-order valence-electron chi connectivity index (χ0n) is 11.3. The van der Waals surface area contributed by atoms with Crippen LogP contribution >= 0.6 is 0 Å². The van der Waals surface area contributed by atoms with E-state index in [0.29, 0.717) is 6.54 Å². The number of carbonyl (C=O) groups is 2. The number of ether oxygens (including phenoxy) is 1. The van der Waals surface area contributed by atoms with Crippen LogP contribution in [0.5, 0.6) is 0 Å². The van der Waals surface area contributed by atoms with E-state index in [2.05, 4.69) is 0 Å². The van der Waals surface area contributed by atoms with Crippen molar-refractivity contribution in [2.45, 2.75) is 52.7 Å². The maximum absolute atomic E-state index is 11.9. The summed E-state index contributed by atoms with van der Waals surface area (Å²) in [5, 5.41) is 8.70. The normalized spacial score (nSPS) is 13.2. The molecule has 0 aromatic heterocycles. The van der Waals surface area contributed by atoms with Gasteiger partial charge >= 0.3 is 5.97 Å². The number of amides is 1. The predicted molar refractivity (Wildman–Crippen MR) is 64.8 cm³/mol. The average molecular weight is 245 g/mol. The Labute approximate surface area is 103 Å². The molecule has 0 heterocycles. The van der Waals surface area contributed by atoms with Gasteiger partial charge < -0.3 is 14.7 Å². The standard InChI is InChI=1S/C12H23NO4/c1-6-13(9(2)7-11(15)16)10(14)8-17-12(3,4)5/h9H,6-8H2,1-5H3,(H,15,16). The molecule has 0 bridgehead atoms. The highest BCUT2D eigenvalue weighted by Crippen LogP contribution is 2.09. The van der Waals surface area contributed by atoms with Gasteiger partial charge in [0.05, 0.1) is 12.0 Å². The van der Waals surface area contributed by atoms with Crippen molar-refractivity contribution in [1.82, 2.24) is 4.90 Å². The van der Waals surface area contributed by atoms with Crippen LogP contribution in [0, 0.1) is 0 Å². The van der Waals surface area contributed by atoms with Crippen LogP contribution in [0.2, 0.25) is 0 Å². The van der Waals surface area contributed by atoms with Crippen molar-refractivity contribution in [2.75, 3.05) is 13.2 Å². The average Bonchev–Trinajstić information content (AvgIpc) is 2.13. The van der Waals surface area contributed by atoms with Crippen molar-refractivity contribution in [3.05, 3.63) is 0 Å². The first-order valence-electron chi connectivity index (χ1n) is 5.82. The van der Waals surface area contributed by atoms with Gasteiger partial charge in [-0.25, -0.2) is 0 Å². The summed E-state index contributed by atoms with van der Waals surface area (Å²) < 4.78 is 5.39. The Morgan fingerprint density at radius 3 is 2.24 bits per heavy atom. The molecule has 5 nitrogen and oxygen atoms in total. The molecule has 5 heteroatoms. The molecule has 0 aliphatic carbocycles. The summed E-state index contributed by atoms with van der Waals surface area (Å²) in [6, 6.07) is -0.312. The van der Waals surface area contributed by atoms with E-state index in [1.54, 1.807) is 6.92 Å². The Morgan fingerprint density at radius 1 is 1.35 bits per heavy atom. The molecule has 0 aliphatic heterocycles. The van der Waals surface area contributed by atoms with Gasteiger partial charge in [-0.15, -0.1) is 0 Å². The molecule has 0 saturated heterocycles. The molecule has 0 aromatic rings. The molecule has 1 N–H and O–H groups in total. The molecule has 17 heavy (non-hydrogen) atoms. The van der Waals surface area contributed by atoms with E-state index in [1.165, 1.54) is 4.90 Å². The maximum Gasteiger partial charge on any atom is 0.305 e. The van der Waals surface area contributed by atoms with E-state index in [4.69, 9.17) is 9.84 Å². The van der Waals surface area contributed by atoms with Gasteiger partial charge in [0.15, 0.2) is 0 Å². The lowest BCUT2D eigenvalue weighted by Crippen LogP contribution is -2.42. The molecular formula is C12H23NO4. The maximum atomic E-state index is 11.9. The van der Waals surface area contributed by atoms with Gasteiger partial charge in [-0.05, 0) is 34.6 Å². The van der Waals surface area contributed by atoms with Gasteiger partial charge in [-0.1, -0.05) is 0 Å². The summed E-state index contributed by atoms with van der Waals surface area (Å²) in [7, 11) is 0. The van der Waals surface area contributed by atoms with Crippen LogP contribution in [0.1, 0.15) is 41.0 Å². The third-order valence-corrected chi connectivity index (χ3v) is 2.29. The smallest absolute Gasteiger partial charge is 0.305 e. The lowest BCUT2D eigenvalue weighted by molar-refractivity contribution is -0.145. The lowest BCUT2D eigenvalue weighted by Gasteiger charge is -2.28. The highest BCUT2D eigenvalue weighted by atomic mass is 16.5. The summed E-state index contributed by atoms with van der Waals surface area (Å²) in [6.07, 6.45) is -0.0465. The second kappa shape index (κ2) is 6.59. The molecular weight excluding hydrogens is 222 g/mol. The number of hydrogen-bond acceptors (Lipinski definition) is 3. The first-order chi connectivity index (χ1) is 7.67. The Kier molecular flexibility index (Phi) is 6.16. The Morgan fingerprint density at radius 2 is 1.88 bits per heavy atom. The summed E-state index contributed by atoms with van der Waals surface area (Å²) >= 11 is 0. The van der Waals surface area contributed by atoms with Gasteiger partial charge in [0, 0.05) is 12.6 Å². The highest BCUT2D eigenvalue weighted by molar-refractivity contribution is 5.78. The number of nitrogens with zero attached hydrogens (tertiary/aromatic N) is 1. The van der Waals surface area contributed by atoms with Crippen LogP contribution in [-0.2, 0) is 14.3 Å². The fourth-order valence-corrected chi connectivity index (χ4v) is 1.46. The van der Waals surface area contributed by atoms with E-state index >= 15 is 0 Å². The number of rotatable bonds is 6. The second-order valence-corrected chi connectivity index (χ2v) is 5.03. The molecule has 0 rings (SSSR count). The fourth-order valence-electron chi connectivity index (χ4n) is 1.46. The van der Waals surface area contributed by atoms with Gasteiger partial charge in [0.2, 0.25) is 5.91 Å². The van der Waals surface area contributed by atoms with E-state index in [-0.39, 0.29) is 30.6 Å². The second-order valence-electron chi connectivity index (χ2n) is 5.03. The molecule has 0 aliphatic rings. The number of hydrogen-bond donors (Lipinski definition) is 1. The first kappa shape index (κ1) is 15.9. The van der Waals surface area contributed by atoms with Crippen molar-refractivity contribution in [3.8, 4) is 0 Å². The van der Waals surface area contributed by atoms with Crippen molar-refractivity contribution < 1.29 is 19.4 Å². The van der Waals surface area contributed by atoms with Crippen LogP contribution in [-0.4, -0.2) is 46.7 Å². The molecule has 0 saturated carbocycles. The quantitative estimate of drug-likeness (QED) is 0.770. The molecule has 1 unspecified atom stereocenters. The van der Waals surface area contributed by atoms with Crippen molar-refractivity contribution >= 4 is 11.9 Å². The minimum Gasteiger partial charge on any atom is -0.481 e. The number of carboxylic acids is 1. The molecule has 0 fully saturated rings. The van der Waals surface area contributed by atoms with Crippen LogP contribution < -0.4 is 0 Å². The van der Waals surface area contributed by atoms with Gasteiger partial charge in [0.25, 0.3) is 0 Å². The molecule has 0 radical (unpaired) electrons.